The number of aliphatic hydroxyl groups excluding tert-OH is 1. The highest BCUT2D eigenvalue weighted by Gasteiger charge is 2.15. The van der Waals surface area contributed by atoms with Gasteiger partial charge in [-0.1, -0.05) is 34.1 Å². The van der Waals surface area contributed by atoms with Crippen LogP contribution in [-0.4, -0.2) is 11.2 Å². The Labute approximate surface area is 134 Å². The summed E-state index contributed by atoms with van der Waals surface area (Å²) in [5.41, 5.74) is 3.95. The third-order valence-corrected chi connectivity index (χ3v) is 4.24. The Balaban J connectivity index is 2.36. The second kappa shape index (κ2) is 6.63. The minimum Gasteiger partial charge on any atom is -0.491 e. The third kappa shape index (κ3) is 3.86. The predicted octanol–water partition coefficient (Wildman–Crippen LogP) is 4.93. The molecule has 1 N–H and O–H groups in total. The van der Waals surface area contributed by atoms with E-state index in [0.717, 1.165) is 32.5 Å². The molecule has 0 aliphatic heterocycles. The van der Waals surface area contributed by atoms with Crippen LogP contribution in [-0.2, 0) is 0 Å². The average Bonchev–Trinajstić information content (AvgIpc) is 2.41. The number of aliphatic hydroxyl groups is 1. The Morgan fingerprint density at radius 3 is 2.43 bits per heavy atom. The summed E-state index contributed by atoms with van der Waals surface area (Å²) in [5.74, 6) is 0.785. The molecule has 0 aromatic heterocycles. The van der Waals surface area contributed by atoms with Crippen molar-refractivity contribution in [1.29, 1.82) is 0 Å². The SMILES string of the molecule is Cc1cc(C(O)c2cccc(OC(C)C)c2)c(C)cc1Br. The number of hydrogen-bond acceptors (Lipinski definition) is 2. The summed E-state index contributed by atoms with van der Waals surface area (Å²) in [7, 11) is 0. The summed E-state index contributed by atoms with van der Waals surface area (Å²) in [6, 6.07) is 11.7. The monoisotopic (exact) mass is 348 g/mol. The Kier molecular flexibility index (Phi) is 5.07. The molecule has 112 valence electrons. The van der Waals surface area contributed by atoms with Crippen molar-refractivity contribution < 1.29 is 9.84 Å². The zero-order chi connectivity index (χ0) is 15.6. The molecule has 1 atom stereocenters. The maximum absolute atomic E-state index is 10.7. The zero-order valence-electron chi connectivity index (χ0n) is 12.9. The smallest absolute Gasteiger partial charge is 0.120 e. The quantitative estimate of drug-likeness (QED) is 0.848. The number of halogens is 1. The van der Waals surface area contributed by atoms with Gasteiger partial charge < -0.3 is 9.84 Å². The minimum atomic E-state index is -0.646. The second-order valence-electron chi connectivity index (χ2n) is 5.60. The van der Waals surface area contributed by atoms with Crippen molar-refractivity contribution in [2.75, 3.05) is 0 Å². The average molecular weight is 349 g/mol. The van der Waals surface area contributed by atoms with Crippen molar-refractivity contribution in [1.82, 2.24) is 0 Å². The molecule has 0 saturated carbocycles. The third-order valence-electron chi connectivity index (χ3n) is 3.39. The van der Waals surface area contributed by atoms with E-state index in [2.05, 4.69) is 15.9 Å². The Morgan fingerprint density at radius 2 is 1.76 bits per heavy atom. The van der Waals surface area contributed by atoms with Gasteiger partial charge in [0.1, 0.15) is 11.9 Å². The zero-order valence-corrected chi connectivity index (χ0v) is 14.4. The molecule has 0 heterocycles. The number of rotatable bonds is 4. The van der Waals surface area contributed by atoms with Gasteiger partial charge in [-0.15, -0.1) is 0 Å². The van der Waals surface area contributed by atoms with Crippen LogP contribution in [0.2, 0.25) is 0 Å². The first kappa shape index (κ1) is 16.1. The standard InChI is InChI=1S/C18H21BrO2/c1-11(2)21-15-7-5-6-14(10-15)18(20)16-8-13(4)17(19)9-12(16)3/h5-11,18,20H,1-4H3. The van der Waals surface area contributed by atoms with Gasteiger partial charge in [0.2, 0.25) is 0 Å². The van der Waals surface area contributed by atoms with E-state index in [1.165, 1.54) is 0 Å². The molecule has 2 aromatic rings. The lowest BCUT2D eigenvalue weighted by Gasteiger charge is -2.17. The fourth-order valence-electron chi connectivity index (χ4n) is 2.31. The van der Waals surface area contributed by atoms with Crippen molar-refractivity contribution >= 4 is 15.9 Å². The van der Waals surface area contributed by atoms with Gasteiger partial charge in [-0.2, -0.15) is 0 Å². The summed E-state index contributed by atoms with van der Waals surface area (Å²) in [6.45, 7) is 8.02. The van der Waals surface area contributed by atoms with Crippen molar-refractivity contribution in [2.24, 2.45) is 0 Å². The molecule has 0 saturated heterocycles. The van der Waals surface area contributed by atoms with E-state index < -0.39 is 6.10 Å². The summed E-state index contributed by atoms with van der Waals surface area (Å²) >= 11 is 3.52. The van der Waals surface area contributed by atoms with Gasteiger partial charge in [-0.05, 0) is 68.1 Å². The van der Waals surface area contributed by atoms with Crippen LogP contribution in [0.25, 0.3) is 0 Å². The highest BCUT2D eigenvalue weighted by atomic mass is 79.9. The maximum Gasteiger partial charge on any atom is 0.120 e. The van der Waals surface area contributed by atoms with E-state index in [1.807, 2.05) is 64.1 Å². The van der Waals surface area contributed by atoms with E-state index >= 15 is 0 Å². The lowest BCUT2D eigenvalue weighted by Crippen LogP contribution is -2.07. The van der Waals surface area contributed by atoms with Crippen LogP contribution >= 0.6 is 15.9 Å². The van der Waals surface area contributed by atoms with Gasteiger partial charge in [-0.3, -0.25) is 0 Å². The van der Waals surface area contributed by atoms with E-state index in [-0.39, 0.29) is 6.10 Å². The number of hydrogen-bond donors (Lipinski definition) is 1. The fraction of sp³-hybridized carbons (Fsp3) is 0.333. The molecule has 21 heavy (non-hydrogen) atoms. The van der Waals surface area contributed by atoms with Crippen LogP contribution in [0.3, 0.4) is 0 Å². The lowest BCUT2D eigenvalue weighted by molar-refractivity contribution is 0.215. The summed E-state index contributed by atoms with van der Waals surface area (Å²) in [4.78, 5) is 0. The molecular formula is C18H21BrO2. The molecule has 1 unspecified atom stereocenters. The van der Waals surface area contributed by atoms with Gasteiger partial charge in [0.25, 0.3) is 0 Å². The van der Waals surface area contributed by atoms with Gasteiger partial charge in [-0.25, -0.2) is 0 Å². The van der Waals surface area contributed by atoms with Crippen molar-refractivity contribution in [2.45, 2.75) is 39.9 Å². The van der Waals surface area contributed by atoms with Crippen LogP contribution in [0.4, 0.5) is 0 Å². The molecule has 2 rings (SSSR count). The molecule has 2 nitrogen and oxygen atoms in total. The molecule has 0 bridgehead atoms. The molecule has 2 aromatic carbocycles. The van der Waals surface area contributed by atoms with Crippen molar-refractivity contribution in [3.8, 4) is 5.75 Å². The van der Waals surface area contributed by atoms with Gasteiger partial charge in [0.05, 0.1) is 6.10 Å². The van der Waals surface area contributed by atoms with E-state index in [4.69, 9.17) is 4.74 Å². The molecule has 0 aliphatic carbocycles. The van der Waals surface area contributed by atoms with E-state index in [9.17, 15) is 5.11 Å². The first-order valence-corrected chi connectivity index (χ1v) is 7.89. The summed E-state index contributed by atoms with van der Waals surface area (Å²) < 4.78 is 6.76. The molecular weight excluding hydrogens is 328 g/mol. The number of ether oxygens (including phenoxy) is 1. The molecule has 0 radical (unpaired) electrons. The highest BCUT2D eigenvalue weighted by Crippen LogP contribution is 2.30. The van der Waals surface area contributed by atoms with Crippen LogP contribution in [0.15, 0.2) is 40.9 Å². The second-order valence-corrected chi connectivity index (χ2v) is 6.45. The van der Waals surface area contributed by atoms with Crippen molar-refractivity contribution in [3.05, 3.63) is 63.1 Å². The van der Waals surface area contributed by atoms with E-state index in [0.29, 0.717) is 0 Å². The molecule has 0 fully saturated rings. The molecule has 0 aliphatic rings. The number of aryl methyl sites for hydroxylation is 2. The maximum atomic E-state index is 10.7. The summed E-state index contributed by atoms with van der Waals surface area (Å²) in [6.07, 6.45) is -0.526. The van der Waals surface area contributed by atoms with Gasteiger partial charge in [0, 0.05) is 4.47 Å². The largest absolute Gasteiger partial charge is 0.491 e. The molecule has 0 spiro atoms. The van der Waals surface area contributed by atoms with Crippen LogP contribution in [0.5, 0.6) is 5.75 Å². The topological polar surface area (TPSA) is 29.5 Å². The summed E-state index contributed by atoms with van der Waals surface area (Å²) in [5, 5.41) is 10.7. The molecule has 0 amide bonds. The first-order chi connectivity index (χ1) is 9.88. The van der Waals surface area contributed by atoms with Gasteiger partial charge in [0.15, 0.2) is 0 Å². The minimum absolute atomic E-state index is 0.119. The number of benzene rings is 2. The Hall–Kier alpha value is -1.32. The van der Waals surface area contributed by atoms with Crippen LogP contribution in [0, 0.1) is 13.8 Å². The van der Waals surface area contributed by atoms with Gasteiger partial charge >= 0.3 is 0 Å². The predicted molar refractivity (Wildman–Crippen MR) is 89.9 cm³/mol. The lowest BCUT2D eigenvalue weighted by atomic mass is 9.96. The normalized spacial score (nSPS) is 12.5. The molecule has 3 heteroatoms. The van der Waals surface area contributed by atoms with Crippen molar-refractivity contribution in [3.63, 3.8) is 0 Å². The highest BCUT2D eigenvalue weighted by molar-refractivity contribution is 9.10. The first-order valence-electron chi connectivity index (χ1n) is 7.10. The van der Waals surface area contributed by atoms with Crippen LogP contribution < -0.4 is 4.74 Å². The van der Waals surface area contributed by atoms with Crippen LogP contribution in [0.1, 0.15) is 42.2 Å². The van der Waals surface area contributed by atoms with E-state index in [1.54, 1.807) is 0 Å². The Morgan fingerprint density at radius 1 is 1.05 bits per heavy atom. The Bertz CT molecular complexity index is 635. The fourth-order valence-corrected chi connectivity index (χ4v) is 2.77.